The number of nitrogens with one attached hydrogen (secondary N) is 1. The van der Waals surface area contributed by atoms with E-state index in [0.29, 0.717) is 60.7 Å². The van der Waals surface area contributed by atoms with Crippen LogP contribution in [0, 0.1) is 5.92 Å². The number of aromatic nitrogens is 3. The second kappa shape index (κ2) is 8.18. The number of hydrogen-bond donors (Lipinski definition) is 2. The number of piperidine rings is 1. The van der Waals surface area contributed by atoms with Gasteiger partial charge in [-0.1, -0.05) is 11.6 Å². The third-order valence-corrected chi connectivity index (χ3v) is 4.59. The van der Waals surface area contributed by atoms with Gasteiger partial charge in [-0.25, -0.2) is 15.0 Å². The SMILES string of the molecule is CCOC(=O)C1CCN(c2ncnc(Nc3cccnc3Cl)c2N)CC1. The van der Waals surface area contributed by atoms with Crippen LogP contribution < -0.4 is 16.0 Å². The zero-order valence-electron chi connectivity index (χ0n) is 14.5. The van der Waals surface area contributed by atoms with Crippen molar-refractivity contribution >= 4 is 40.6 Å². The minimum Gasteiger partial charge on any atom is -0.466 e. The normalized spacial score (nSPS) is 14.9. The molecule has 1 saturated heterocycles. The molecule has 8 nitrogen and oxygen atoms in total. The summed E-state index contributed by atoms with van der Waals surface area (Å²) in [6.07, 6.45) is 4.48. The number of halogens is 1. The first kappa shape index (κ1) is 18.2. The van der Waals surface area contributed by atoms with E-state index in [0.717, 1.165) is 0 Å². The van der Waals surface area contributed by atoms with Crippen molar-refractivity contribution in [3.8, 4) is 0 Å². The van der Waals surface area contributed by atoms with Crippen molar-refractivity contribution in [2.45, 2.75) is 19.8 Å². The van der Waals surface area contributed by atoms with Gasteiger partial charge in [0.15, 0.2) is 16.8 Å². The minimum atomic E-state index is -0.128. The molecular weight excluding hydrogens is 356 g/mol. The number of hydrogen-bond acceptors (Lipinski definition) is 8. The highest BCUT2D eigenvalue weighted by molar-refractivity contribution is 6.32. The molecule has 0 bridgehead atoms. The summed E-state index contributed by atoms with van der Waals surface area (Å²) in [4.78, 5) is 26.5. The summed E-state index contributed by atoms with van der Waals surface area (Å²) in [6.45, 7) is 3.58. The van der Waals surface area contributed by atoms with Gasteiger partial charge >= 0.3 is 5.97 Å². The predicted molar refractivity (Wildman–Crippen MR) is 101 cm³/mol. The Morgan fingerprint density at radius 2 is 2.15 bits per heavy atom. The van der Waals surface area contributed by atoms with Crippen LogP contribution in [0.25, 0.3) is 0 Å². The molecule has 0 aliphatic carbocycles. The first-order valence-corrected chi connectivity index (χ1v) is 8.87. The number of esters is 1. The quantitative estimate of drug-likeness (QED) is 0.605. The molecule has 2 aromatic rings. The maximum Gasteiger partial charge on any atom is 0.309 e. The lowest BCUT2D eigenvalue weighted by Crippen LogP contribution is -2.37. The molecule has 0 spiro atoms. The summed E-state index contributed by atoms with van der Waals surface area (Å²) in [6, 6.07) is 3.56. The third kappa shape index (κ3) is 3.96. The van der Waals surface area contributed by atoms with Gasteiger partial charge in [0, 0.05) is 19.3 Å². The standard InChI is InChI=1S/C17H21ClN6O2/c1-2-26-17(25)11-5-8-24(9-6-11)16-13(19)15(21-10-22-16)23-12-4-3-7-20-14(12)18/h3-4,7,10-11H,2,5-6,8-9,19H2,1H3,(H,21,22,23). The lowest BCUT2D eigenvalue weighted by atomic mass is 9.97. The summed E-state index contributed by atoms with van der Waals surface area (Å²) in [7, 11) is 0. The van der Waals surface area contributed by atoms with E-state index in [1.165, 1.54) is 6.33 Å². The molecule has 9 heteroatoms. The average Bonchev–Trinajstić information content (AvgIpc) is 2.65. The number of ether oxygens (including phenoxy) is 1. The largest absolute Gasteiger partial charge is 0.466 e. The molecule has 2 aromatic heterocycles. The number of rotatable bonds is 5. The van der Waals surface area contributed by atoms with Gasteiger partial charge in [0.05, 0.1) is 18.2 Å². The molecule has 138 valence electrons. The van der Waals surface area contributed by atoms with Crippen molar-refractivity contribution in [3.05, 3.63) is 29.8 Å². The molecule has 3 N–H and O–H groups in total. The van der Waals surface area contributed by atoms with Gasteiger partial charge in [0.1, 0.15) is 12.0 Å². The van der Waals surface area contributed by atoms with Crippen molar-refractivity contribution in [1.82, 2.24) is 15.0 Å². The van der Waals surface area contributed by atoms with E-state index >= 15 is 0 Å². The molecule has 3 heterocycles. The first-order chi connectivity index (χ1) is 12.6. The van der Waals surface area contributed by atoms with E-state index in [1.807, 2.05) is 6.92 Å². The van der Waals surface area contributed by atoms with Gasteiger partial charge in [0.25, 0.3) is 0 Å². The Morgan fingerprint density at radius 1 is 1.38 bits per heavy atom. The number of nitrogens with zero attached hydrogens (tertiary/aromatic N) is 4. The minimum absolute atomic E-state index is 0.0685. The summed E-state index contributed by atoms with van der Waals surface area (Å²) in [5.74, 6) is 0.916. The lowest BCUT2D eigenvalue weighted by Gasteiger charge is -2.32. The van der Waals surface area contributed by atoms with E-state index in [2.05, 4.69) is 25.2 Å². The number of nitrogens with two attached hydrogens (primary N) is 1. The van der Waals surface area contributed by atoms with E-state index in [9.17, 15) is 4.79 Å². The van der Waals surface area contributed by atoms with Crippen molar-refractivity contribution in [2.24, 2.45) is 5.92 Å². The fourth-order valence-electron chi connectivity index (χ4n) is 2.93. The second-order valence-corrected chi connectivity index (χ2v) is 6.30. The lowest BCUT2D eigenvalue weighted by molar-refractivity contribution is -0.148. The maximum atomic E-state index is 11.9. The molecule has 0 radical (unpaired) electrons. The molecule has 26 heavy (non-hydrogen) atoms. The van der Waals surface area contributed by atoms with Crippen LogP contribution >= 0.6 is 11.6 Å². The molecule has 3 rings (SSSR count). The van der Waals surface area contributed by atoms with Crippen molar-refractivity contribution < 1.29 is 9.53 Å². The van der Waals surface area contributed by atoms with Gasteiger partial charge in [-0.2, -0.15) is 0 Å². The zero-order chi connectivity index (χ0) is 18.5. The molecule has 0 amide bonds. The van der Waals surface area contributed by atoms with Crippen LogP contribution in [0.3, 0.4) is 0 Å². The maximum absolute atomic E-state index is 11.9. The fourth-order valence-corrected chi connectivity index (χ4v) is 3.10. The molecule has 0 saturated carbocycles. The Balaban J connectivity index is 1.72. The number of carbonyl (C=O) groups is 1. The third-order valence-electron chi connectivity index (χ3n) is 4.29. The van der Waals surface area contributed by atoms with Crippen LogP contribution in [0.4, 0.5) is 23.0 Å². The van der Waals surface area contributed by atoms with Crippen LogP contribution in [0.1, 0.15) is 19.8 Å². The number of carbonyl (C=O) groups excluding carboxylic acids is 1. The van der Waals surface area contributed by atoms with Crippen LogP contribution in [0.15, 0.2) is 24.7 Å². The van der Waals surface area contributed by atoms with Crippen LogP contribution in [0.5, 0.6) is 0 Å². The Hall–Kier alpha value is -2.61. The predicted octanol–water partition coefficient (Wildman–Crippen LogP) is 2.63. The second-order valence-electron chi connectivity index (χ2n) is 5.94. The number of anilines is 4. The van der Waals surface area contributed by atoms with E-state index < -0.39 is 0 Å². The average molecular weight is 377 g/mol. The summed E-state index contributed by atoms with van der Waals surface area (Å²) < 4.78 is 5.11. The van der Waals surface area contributed by atoms with Crippen LogP contribution in [0.2, 0.25) is 5.15 Å². The summed E-state index contributed by atoms with van der Waals surface area (Å²) in [5.41, 5.74) is 7.32. The zero-order valence-corrected chi connectivity index (χ0v) is 15.2. The highest BCUT2D eigenvalue weighted by Gasteiger charge is 2.28. The van der Waals surface area contributed by atoms with E-state index in [4.69, 9.17) is 22.1 Å². The summed E-state index contributed by atoms with van der Waals surface area (Å²) >= 11 is 6.07. The number of nitrogen functional groups attached to an aromatic ring is 1. The van der Waals surface area contributed by atoms with E-state index in [-0.39, 0.29) is 11.9 Å². The van der Waals surface area contributed by atoms with E-state index in [1.54, 1.807) is 18.3 Å². The first-order valence-electron chi connectivity index (χ1n) is 8.49. The van der Waals surface area contributed by atoms with Gasteiger partial charge in [-0.05, 0) is 31.9 Å². The molecular formula is C17H21ClN6O2. The molecule has 1 fully saturated rings. The van der Waals surface area contributed by atoms with Crippen molar-refractivity contribution in [3.63, 3.8) is 0 Å². The molecule has 0 atom stereocenters. The molecule has 0 unspecified atom stereocenters. The van der Waals surface area contributed by atoms with Gasteiger partial charge in [0.2, 0.25) is 0 Å². The van der Waals surface area contributed by atoms with Crippen LogP contribution in [-0.4, -0.2) is 40.6 Å². The highest BCUT2D eigenvalue weighted by atomic mass is 35.5. The molecule has 1 aliphatic heterocycles. The Morgan fingerprint density at radius 3 is 2.85 bits per heavy atom. The fraction of sp³-hybridized carbons (Fsp3) is 0.412. The Kier molecular flexibility index (Phi) is 5.72. The molecule has 0 aromatic carbocycles. The van der Waals surface area contributed by atoms with Gasteiger partial charge < -0.3 is 20.7 Å². The van der Waals surface area contributed by atoms with Gasteiger partial charge in [-0.3, -0.25) is 4.79 Å². The number of pyridine rings is 1. The Bertz CT molecular complexity index is 780. The van der Waals surface area contributed by atoms with Crippen molar-refractivity contribution in [1.29, 1.82) is 0 Å². The van der Waals surface area contributed by atoms with Gasteiger partial charge in [-0.15, -0.1) is 0 Å². The monoisotopic (exact) mass is 376 g/mol. The topological polar surface area (TPSA) is 106 Å². The summed E-state index contributed by atoms with van der Waals surface area (Å²) in [5, 5.41) is 3.43. The smallest absolute Gasteiger partial charge is 0.309 e. The Labute approximate surface area is 156 Å². The van der Waals surface area contributed by atoms with Crippen molar-refractivity contribution in [2.75, 3.05) is 35.6 Å². The van der Waals surface area contributed by atoms with Crippen LogP contribution in [-0.2, 0) is 9.53 Å². The highest BCUT2D eigenvalue weighted by Crippen LogP contribution is 2.32. The molecule has 1 aliphatic rings.